The van der Waals surface area contributed by atoms with Crippen molar-refractivity contribution in [1.82, 2.24) is 0 Å². The van der Waals surface area contributed by atoms with E-state index in [2.05, 4.69) is 6.92 Å². The molecule has 1 aromatic carbocycles. The third-order valence-corrected chi connectivity index (χ3v) is 4.09. The first-order valence-corrected chi connectivity index (χ1v) is 9.71. The van der Waals surface area contributed by atoms with Crippen molar-refractivity contribution in [2.24, 2.45) is 5.92 Å². The fraction of sp³-hybridized carbons (Fsp3) is 0.619. The maximum absolute atomic E-state index is 11.9. The summed E-state index contributed by atoms with van der Waals surface area (Å²) in [4.78, 5) is 22.5. The van der Waals surface area contributed by atoms with Crippen molar-refractivity contribution in [2.75, 3.05) is 39.6 Å². The number of aldehydes is 1. The topological polar surface area (TPSA) is 71.1 Å². The van der Waals surface area contributed by atoms with Gasteiger partial charge in [-0.25, -0.2) is 0 Å². The van der Waals surface area contributed by atoms with E-state index in [1.807, 2.05) is 6.92 Å². The fourth-order valence-corrected chi connectivity index (χ4v) is 2.44. The highest BCUT2D eigenvalue weighted by molar-refractivity contribution is 5.74. The number of esters is 1. The standard InChI is InChI=1S/C21H32O6/c1-3-5-6-19(4-2)21(23)27-16-14-25-12-11-24-13-15-26-20-9-7-18(17-22)8-10-20/h7-10,17,19H,3-6,11-16H2,1-2H3. The lowest BCUT2D eigenvalue weighted by molar-refractivity contribution is -0.150. The van der Waals surface area contributed by atoms with Crippen molar-refractivity contribution in [2.45, 2.75) is 39.5 Å². The summed E-state index contributed by atoms with van der Waals surface area (Å²) in [6.45, 7) is 6.55. The third kappa shape index (κ3) is 10.7. The van der Waals surface area contributed by atoms with Crippen molar-refractivity contribution >= 4 is 12.3 Å². The Morgan fingerprint density at radius 3 is 2.19 bits per heavy atom. The zero-order valence-corrected chi connectivity index (χ0v) is 16.5. The van der Waals surface area contributed by atoms with Gasteiger partial charge in [-0.15, -0.1) is 0 Å². The van der Waals surface area contributed by atoms with Crippen LogP contribution >= 0.6 is 0 Å². The van der Waals surface area contributed by atoms with E-state index in [0.29, 0.717) is 44.3 Å². The minimum Gasteiger partial charge on any atom is -0.491 e. The predicted octanol–water partition coefficient (Wildman–Crippen LogP) is 3.67. The Bertz CT molecular complexity index is 514. The lowest BCUT2D eigenvalue weighted by atomic mass is 10.00. The van der Waals surface area contributed by atoms with Crippen LogP contribution in [0.25, 0.3) is 0 Å². The summed E-state index contributed by atoms with van der Waals surface area (Å²) >= 11 is 0. The maximum Gasteiger partial charge on any atom is 0.308 e. The van der Waals surface area contributed by atoms with E-state index in [-0.39, 0.29) is 18.5 Å². The second-order valence-electron chi connectivity index (χ2n) is 6.17. The Hall–Kier alpha value is -1.92. The fourth-order valence-electron chi connectivity index (χ4n) is 2.44. The molecule has 27 heavy (non-hydrogen) atoms. The van der Waals surface area contributed by atoms with Gasteiger partial charge in [0.2, 0.25) is 0 Å². The van der Waals surface area contributed by atoms with Gasteiger partial charge in [-0.05, 0) is 37.1 Å². The first-order chi connectivity index (χ1) is 13.2. The third-order valence-electron chi connectivity index (χ3n) is 4.09. The lowest BCUT2D eigenvalue weighted by Crippen LogP contribution is -2.20. The Labute approximate surface area is 162 Å². The highest BCUT2D eigenvalue weighted by Gasteiger charge is 2.16. The van der Waals surface area contributed by atoms with Crippen molar-refractivity contribution in [3.05, 3.63) is 29.8 Å². The molecule has 1 aromatic rings. The first kappa shape index (κ1) is 23.1. The number of hydrogen-bond donors (Lipinski definition) is 0. The summed E-state index contributed by atoms with van der Waals surface area (Å²) in [6.07, 6.45) is 4.64. The summed E-state index contributed by atoms with van der Waals surface area (Å²) in [7, 11) is 0. The molecule has 0 spiro atoms. The van der Waals surface area contributed by atoms with Crippen LogP contribution in [0.1, 0.15) is 49.9 Å². The van der Waals surface area contributed by atoms with Crippen molar-refractivity contribution in [1.29, 1.82) is 0 Å². The van der Waals surface area contributed by atoms with E-state index in [1.54, 1.807) is 24.3 Å². The molecule has 0 aliphatic heterocycles. The zero-order valence-electron chi connectivity index (χ0n) is 16.5. The smallest absolute Gasteiger partial charge is 0.308 e. The minimum atomic E-state index is -0.121. The Morgan fingerprint density at radius 1 is 0.963 bits per heavy atom. The van der Waals surface area contributed by atoms with E-state index in [1.165, 1.54) is 0 Å². The molecule has 0 aliphatic carbocycles. The number of unbranched alkanes of at least 4 members (excludes halogenated alkanes) is 1. The molecular formula is C21H32O6. The van der Waals surface area contributed by atoms with Crippen LogP contribution in [0, 0.1) is 5.92 Å². The normalized spacial score (nSPS) is 11.8. The van der Waals surface area contributed by atoms with Crippen molar-refractivity contribution < 1.29 is 28.5 Å². The van der Waals surface area contributed by atoms with Crippen LogP contribution in [0.3, 0.4) is 0 Å². The van der Waals surface area contributed by atoms with Gasteiger partial charge in [-0.2, -0.15) is 0 Å². The Morgan fingerprint density at radius 2 is 1.59 bits per heavy atom. The van der Waals surface area contributed by atoms with Gasteiger partial charge in [0, 0.05) is 5.56 Å². The minimum absolute atomic E-state index is 0.00271. The molecule has 152 valence electrons. The monoisotopic (exact) mass is 380 g/mol. The molecule has 0 fully saturated rings. The SMILES string of the molecule is CCCCC(CC)C(=O)OCCOCCOCCOc1ccc(C=O)cc1. The Kier molecular flexibility index (Phi) is 13.0. The van der Waals surface area contributed by atoms with E-state index in [0.717, 1.165) is 32.0 Å². The average Bonchev–Trinajstić information content (AvgIpc) is 2.70. The highest BCUT2D eigenvalue weighted by atomic mass is 16.6. The van der Waals surface area contributed by atoms with Crippen LogP contribution in [-0.4, -0.2) is 51.9 Å². The lowest BCUT2D eigenvalue weighted by Gasteiger charge is -2.13. The molecule has 1 rings (SSSR count). The summed E-state index contributed by atoms with van der Waals surface area (Å²) in [5.74, 6) is 0.582. The molecular weight excluding hydrogens is 348 g/mol. The average molecular weight is 380 g/mol. The summed E-state index contributed by atoms with van der Waals surface area (Å²) in [5.41, 5.74) is 0.618. The number of carbonyl (C=O) groups is 2. The van der Waals surface area contributed by atoms with E-state index in [9.17, 15) is 9.59 Å². The van der Waals surface area contributed by atoms with Crippen LogP contribution < -0.4 is 4.74 Å². The summed E-state index contributed by atoms with van der Waals surface area (Å²) < 4.78 is 21.6. The Balaban J connectivity index is 1.95. The molecule has 1 atom stereocenters. The quantitative estimate of drug-likeness (QED) is 0.248. The van der Waals surface area contributed by atoms with Crippen molar-refractivity contribution in [3.8, 4) is 5.75 Å². The van der Waals surface area contributed by atoms with Gasteiger partial charge in [-0.3, -0.25) is 9.59 Å². The number of benzene rings is 1. The molecule has 0 saturated heterocycles. The second kappa shape index (κ2) is 15.2. The van der Waals surface area contributed by atoms with E-state index < -0.39 is 0 Å². The van der Waals surface area contributed by atoms with E-state index in [4.69, 9.17) is 18.9 Å². The number of carbonyl (C=O) groups excluding carboxylic acids is 2. The molecule has 0 radical (unpaired) electrons. The molecule has 6 heteroatoms. The molecule has 0 bridgehead atoms. The van der Waals surface area contributed by atoms with Gasteiger partial charge in [0.05, 0.1) is 32.3 Å². The van der Waals surface area contributed by atoms with Gasteiger partial charge < -0.3 is 18.9 Å². The highest BCUT2D eigenvalue weighted by Crippen LogP contribution is 2.14. The van der Waals surface area contributed by atoms with Crippen LogP contribution in [0.2, 0.25) is 0 Å². The summed E-state index contributed by atoms with van der Waals surface area (Å²) in [5, 5.41) is 0. The zero-order chi connectivity index (χ0) is 19.7. The molecule has 0 heterocycles. The van der Waals surface area contributed by atoms with Crippen LogP contribution in [-0.2, 0) is 19.0 Å². The molecule has 1 unspecified atom stereocenters. The maximum atomic E-state index is 11.9. The first-order valence-electron chi connectivity index (χ1n) is 9.71. The van der Waals surface area contributed by atoms with Gasteiger partial charge in [-0.1, -0.05) is 26.7 Å². The molecule has 0 N–H and O–H groups in total. The second-order valence-corrected chi connectivity index (χ2v) is 6.17. The van der Waals surface area contributed by atoms with Crippen LogP contribution in [0.5, 0.6) is 5.75 Å². The number of hydrogen-bond acceptors (Lipinski definition) is 6. The van der Waals surface area contributed by atoms with Crippen molar-refractivity contribution in [3.63, 3.8) is 0 Å². The molecule has 0 amide bonds. The molecule has 0 aromatic heterocycles. The van der Waals surface area contributed by atoms with Crippen LogP contribution in [0.4, 0.5) is 0 Å². The van der Waals surface area contributed by atoms with Crippen LogP contribution in [0.15, 0.2) is 24.3 Å². The number of rotatable bonds is 16. The van der Waals surface area contributed by atoms with Gasteiger partial charge in [0.1, 0.15) is 25.2 Å². The predicted molar refractivity (Wildman–Crippen MR) is 103 cm³/mol. The summed E-state index contributed by atoms with van der Waals surface area (Å²) in [6, 6.07) is 6.91. The molecule has 0 saturated carbocycles. The van der Waals surface area contributed by atoms with E-state index >= 15 is 0 Å². The number of ether oxygens (including phenoxy) is 4. The van der Waals surface area contributed by atoms with Gasteiger partial charge in [0.15, 0.2) is 0 Å². The molecule has 0 aliphatic rings. The van der Waals surface area contributed by atoms with Gasteiger partial charge >= 0.3 is 5.97 Å². The molecule has 6 nitrogen and oxygen atoms in total. The largest absolute Gasteiger partial charge is 0.491 e. The van der Waals surface area contributed by atoms with Gasteiger partial charge in [0.25, 0.3) is 0 Å².